The van der Waals surface area contributed by atoms with Crippen LogP contribution in [0.3, 0.4) is 0 Å². The summed E-state index contributed by atoms with van der Waals surface area (Å²) in [6.07, 6.45) is 0. The third-order valence-corrected chi connectivity index (χ3v) is 5.05. The van der Waals surface area contributed by atoms with Crippen molar-refractivity contribution >= 4 is 23.2 Å². The SMILES string of the molecule is Cc1cccc(NCC(=O)Nc2cccc(C(=O)N(C)Cc3ccccc3)c2)c1C. The first-order chi connectivity index (χ1) is 14.4. The van der Waals surface area contributed by atoms with E-state index in [1.165, 1.54) is 5.56 Å². The average molecular weight is 402 g/mol. The van der Waals surface area contributed by atoms with Gasteiger partial charge in [0, 0.05) is 30.5 Å². The van der Waals surface area contributed by atoms with Gasteiger partial charge < -0.3 is 15.5 Å². The number of hydrogen-bond donors (Lipinski definition) is 2. The monoisotopic (exact) mass is 401 g/mol. The Bertz CT molecular complexity index is 1030. The molecule has 5 heteroatoms. The number of carbonyl (C=O) groups excluding carboxylic acids is 2. The quantitative estimate of drug-likeness (QED) is 0.607. The molecule has 0 spiro atoms. The van der Waals surface area contributed by atoms with Crippen LogP contribution in [0.5, 0.6) is 0 Å². The summed E-state index contributed by atoms with van der Waals surface area (Å²) in [5.41, 5.74) is 5.44. The maximum atomic E-state index is 12.8. The highest BCUT2D eigenvalue weighted by molar-refractivity contribution is 5.98. The van der Waals surface area contributed by atoms with Crippen molar-refractivity contribution in [3.05, 3.63) is 95.1 Å². The molecule has 0 bridgehead atoms. The normalized spacial score (nSPS) is 10.4. The van der Waals surface area contributed by atoms with Crippen LogP contribution in [0.4, 0.5) is 11.4 Å². The van der Waals surface area contributed by atoms with Gasteiger partial charge in [0.05, 0.1) is 6.54 Å². The van der Waals surface area contributed by atoms with Crippen molar-refractivity contribution in [1.82, 2.24) is 4.90 Å². The number of rotatable bonds is 7. The lowest BCUT2D eigenvalue weighted by molar-refractivity contribution is -0.114. The molecule has 3 rings (SSSR count). The highest BCUT2D eigenvalue weighted by Crippen LogP contribution is 2.18. The van der Waals surface area contributed by atoms with E-state index in [1.54, 1.807) is 36.2 Å². The van der Waals surface area contributed by atoms with Crippen molar-refractivity contribution in [2.24, 2.45) is 0 Å². The Morgan fingerprint density at radius 1 is 0.900 bits per heavy atom. The fourth-order valence-electron chi connectivity index (χ4n) is 3.20. The Balaban J connectivity index is 1.59. The van der Waals surface area contributed by atoms with Gasteiger partial charge in [-0.05, 0) is 54.8 Å². The third-order valence-electron chi connectivity index (χ3n) is 5.05. The van der Waals surface area contributed by atoms with Crippen molar-refractivity contribution < 1.29 is 9.59 Å². The predicted octanol–water partition coefficient (Wildman–Crippen LogP) is 4.63. The summed E-state index contributed by atoms with van der Waals surface area (Å²) < 4.78 is 0. The molecule has 0 unspecified atom stereocenters. The summed E-state index contributed by atoms with van der Waals surface area (Å²) in [4.78, 5) is 26.8. The zero-order valence-electron chi connectivity index (χ0n) is 17.6. The Labute approximate surface area is 177 Å². The van der Waals surface area contributed by atoms with Gasteiger partial charge in [0.1, 0.15) is 0 Å². The molecule has 0 aromatic heterocycles. The topological polar surface area (TPSA) is 61.4 Å². The van der Waals surface area contributed by atoms with E-state index < -0.39 is 0 Å². The molecule has 0 radical (unpaired) electrons. The molecule has 0 aliphatic carbocycles. The van der Waals surface area contributed by atoms with E-state index in [1.807, 2.05) is 62.4 Å². The lowest BCUT2D eigenvalue weighted by Crippen LogP contribution is -2.26. The maximum absolute atomic E-state index is 12.8. The number of amides is 2. The maximum Gasteiger partial charge on any atom is 0.253 e. The standard InChI is InChI=1S/C25H27N3O2/c1-18-9-7-14-23(19(18)2)26-16-24(29)27-22-13-8-12-21(15-22)25(30)28(3)17-20-10-5-4-6-11-20/h4-15,26H,16-17H2,1-3H3,(H,27,29). The molecule has 2 amide bonds. The van der Waals surface area contributed by atoms with Gasteiger partial charge in [-0.3, -0.25) is 9.59 Å². The lowest BCUT2D eigenvalue weighted by Gasteiger charge is -2.18. The molecule has 0 heterocycles. The molecular formula is C25H27N3O2. The molecule has 0 aliphatic rings. The van der Waals surface area contributed by atoms with E-state index in [0.29, 0.717) is 17.8 Å². The first-order valence-corrected chi connectivity index (χ1v) is 9.93. The fourth-order valence-corrected chi connectivity index (χ4v) is 3.20. The number of anilines is 2. The molecule has 3 aromatic carbocycles. The summed E-state index contributed by atoms with van der Waals surface area (Å²) in [6.45, 7) is 4.74. The third kappa shape index (κ3) is 5.47. The second-order valence-electron chi connectivity index (χ2n) is 7.38. The molecule has 3 aromatic rings. The van der Waals surface area contributed by atoms with Gasteiger partial charge in [0.2, 0.25) is 5.91 Å². The van der Waals surface area contributed by atoms with E-state index >= 15 is 0 Å². The number of benzene rings is 3. The number of hydrogen-bond acceptors (Lipinski definition) is 3. The predicted molar refractivity (Wildman–Crippen MR) is 122 cm³/mol. The highest BCUT2D eigenvalue weighted by Gasteiger charge is 2.13. The Kier molecular flexibility index (Phi) is 6.86. The molecule has 0 fully saturated rings. The van der Waals surface area contributed by atoms with Crippen molar-refractivity contribution in [2.45, 2.75) is 20.4 Å². The van der Waals surface area contributed by atoms with Crippen LogP contribution < -0.4 is 10.6 Å². The Morgan fingerprint density at radius 3 is 2.40 bits per heavy atom. The Morgan fingerprint density at radius 2 is 1.63 bits per heavy atom. The minimum atomic E-state index is -0.168. The van der Waals surface area contributed by atoms with Crippen LogP contribution in [0.2, 0.25) is 0 Å². The first kappa shape index (κ1) is 21.1. The number of aryl methyl sites for hydroxylation is 1. The molecule has 0 saturated carbocycles. The minimum Gasteiger partial charge on any atom is -0.376 e. The van der Waals surface area contributed by atoms with Crippen molar-refractivity contribution in [1.29, 1.82) is 0 Å². The molecule has 5 nitrogen and oxygen atoms in total. The summed E-state index contributed by atoms with van der Waals surface area (Å²) in [6, 6.07) is 22.8. The molecule has 0 aliphatic heterocycles. The second kappa shape index (κ2) is 9.74. The summed E-state index contributed by atoms with van der Waals surface area (Å²) in [5.74, 6) is -0.262. The molecule has 30 heavy (non-hydrogen) atoms. The Hall–Kier alpha value is -3.60. The number of carbonyl (C=O) groups is 2. The zero-order valence-corrected chi connectivity index (χ0v) is 17.6. The van der Waals surface area contributed by atoms with E-state index in [-0.39, 0.29) is 18.4 Å². The van der Waals surface area contributed by atoms with Gasteiger partial charge in [-0.15, -0.1) is 0 Å². The average Bonchev–Trinajstić information content (AvgIpc) is 2.75. The van der Waals surface area contributed by atoms with E-state index in [9.17, 15) is 9.59 Å². The second-order valence-corrected chi connectivity index (χ2v) is 7.38. The fraction of sp³-hybridized carbons (Fsp3) is 0.200. The van der Waals surface area contributed by atoms with Crippen molar-refractivity contribution in [2.75, 3.05) is 24.2 Å². The largest absolute Gasteiger partial charge is 0.376 e. The van der Waals surface area contributed by atoms with E-state index in [2.05, 4.69) is 10.6 Å². The van der Waals surface area contributed by atoms with Crippen LogP contribution in [0, 0.1) is 13.8 Å². The summed E-state index contributed by atoms with van der Waals surface area (Å²) in [5, 5.41) is 6.03. The molecule has 0 saturated heterocycles. The van der Waals surface area contributed by atoms with E-state index in [0.717, 1.165) is 16.8 Å². The van der Waals surface area contributed by atoms with Crippen molar-refractivity contribution in [3.8, 4) is 0 Å². The van der Waals surface area contributed by atoms with Crippen LogP contribution in [0.25, 0.3) is 0 Å². The molecule has 2 N–H and O–H groups in total. The van der Waals surface area contributed by atoms with Gasteiger partial charge in [0.25, 0.3) is 5.91 Å². The first-order valence-electron chi connectivity index (χ1n) is 9.93. The minimum absolute atomic E-state index is 0.0940. The highest BCUT2D eigenvalue weighted by atomic mass is 16.2. The van der Waals surface area contributed by atoms with Gasteiger partial charge >= 0.3 is 0 Å². The van der Waals surface area contributed by atoms with Gasteiger partial charge in [-0.25, -0.2) is 0 Å². The van der Waals surface area contributed by atoms with Crippen LogP contribution in [0.1, 0.15) is 27.0 Å². The smallest absolute Gasteiger partial charge is 0.253 e. The summed E-state index contributed by atoms with van der Waals surface area (Å²) >= 11 is 0. The van der Waals surface area contributed by atoms with Crippen LogP contribution in [-0.2, 0) is 11.3 Å². The number of nitrogens with one attached hydrogen (secondary N) is 2. The van der Waals surface area contributed by atoms with E-state index in [4.69, 9.17) is 0 Å². The molecule has 0 atom stereocenters. The summed E-state index contributed by atoms with van der Waals surface area (Å²) in [7, 11) is 1.77. The van der Waals surface area contributed by atoms with Crippen molar-refractivity contribution in [3.63, 3.8) is 0 Å². The van der Waals surface area contributed by atoms with Gasteiger partial charge in [0.15, 0.2) is 0 Å². The number of nitrogens with zero attached hydrogens (tertiary/aromatic N) is 1. The lowest BCUT2D eigenvalue weighted by atomic mass is 10.1. The van der Waals surface area contributed by atoms with Gasteiger partial charge in [-0.2, -0.15) is 0 Å². The van der Waals surface area contributed by atoms with Crippen LogP contribution >= 0.6 is 0 Å². The van der Waals surface area contributed by atoms with Gasteiger partial charge in [-0.1, -0.05) is 48.5 Å². The molecule has 154 valence electrons. The zero-order chi connectivity index (χ0) is 21.5. The van der Waals surface area contributed by atoms with Crippen LogP contribution in [-0.4, -0.2) is 30.3 Å². The molecular weight excluding hydrogens is 374 g/mol. The van der Waals surface area contributed by atoms with Crippen LogP contribution in [0.15, 0.2) is 72.8 Å².